The molecule has 0 bridgehead atoms. The third-order valence-electron chi connectivity index (χ3n) is 4.02. The Hall–Kier alpha value is -2.31. The number of hydrogen-bond acceptors (Lipinski definition) is 5. The molecular formula is C19H20Cl2N2O4. The predicted molar refractivity (Wildman–Crippen MR) is 104 cm³/mol. The van der Waals surface area contributed by atoms with E-state index in [2.05, 4.69) is 9.84 Å². The first-order valence-corrected chi connectivity index (χ1v) is 8.93. The first kappa shape index (κ1) is 21.0. The Morgan fingerprint density at radius 3 is 2.48 bits per heavy atom. The number of carbonyl (C=O) groups excluding carboxylic acids is 2. The van der Waals surface area contributed by atoms with E-state index in [1.807, 2.05) is 13.8 Å². The van der Waals surface area contributed by atoms with E-state index in [1.165, 1.54) is 20.1 Å². The first-order valence-electron chi connectivity index (χ1n) is 8.18. The molecule has 0 aliphatic rings. The number of halogens is 2. The van der Waals surface area contributed by atoms with E-state index in [0.29, 0.717) is 16.6 Å². The van der Waals surface area contributed by atoms with Gasteiger partial charge in [0.15, 0.2) is 6.10 Å². The standard InChI is InChI=1S/C19H20Cl2N2O4/c1-11-14(8-9-18(24)27-13(3)19(25)26-4)12(2)23(22-11)10-15-16(20)6-5-7-17(15)21/h5-9,13H,10H2,1-4H3/b9-8+. The minimum Gasteiger partial charge on any atom is -0.466 e. The van der Waals surface area contributed by atoms with Crippen LogP contribution in [0.15, 0.2) is 24.3 Å². The summed E-state index contributed by atoms with van der Waals surface area (Å²) < 4.78 is 11.3. The van der Waals surface area contributed by atoms with Crippen molar-refractivity contribution in [3.05, 3.63) is 56.8 Å². The topological polar surface area (TPSA) is 70.4 Å². The van der Waals surface area contributed by atoms with Crippen LogP contribution in [-0.2, 0) is 25.6 Å². The van der Waals surface area contributed by atoms with Crippen LogP contribution in [0, 0.1) is 13.8 Å². The van der Waals surface area contributed by atoms with E-state index < -0.39 is 18.0 Å². The second-order valence-electron chi connectivity index (χ2n) is 5.88. The second-order valence-corrected chi connectivity index (χ2v) is 6.69. The SMILES string of the molecule is COC(=O)C(C)OC(=O)/C=C/c1c(C)nn(Cc2c(Cl)cccc2Cl)c1C. The molecule has 27 heavy (non-hydrogen) atoms. The van der Waals surface area contributed by atoms with Crippen LogP contribution in [0.1, 0.15) is 29.4 Å². The zero-order valence-electron chi connectivity index (χ0n) is 15.5. The van der Waals surface area contributed by atoms with Gasteiger partial charge in [-0.25, -0.2) is 9.59 Å². The molecule has 0 aliphatic heterocycles. The summed E-state index contributed by atoms with van der Waals surface area (Å²) in [6, 6.07) is 5.33. The number of aryl methyl sites for hydroxylation is 1. The van der Waals surface area contributed by atoms with Crippen molar-refractivity contribution in [2.45, 2.75) is 33.4 Å². The van der Waals surface area contributed by atoms with E-state index in [4.69, 9.17) is 27.9 Å². The summed E-state index contributed by atoms with van der Waals surface area (Å²) in [5.74, 6) is -1.26. The molecule has 1 unspecified atom stereocenters. The lowest BCUT2D eigenvalue weighted by molar-refractivity contribution is -0.161. The third kappa shape index (κ3) is 5.11. The van der Waals surface area contributed by atoms with Crippen molar-refractivity contribution >= 4 is 41.2 Å². The van der Waals surface area contributed by atoms with Gasteiger partial charge in [-0.05, 0) is 39.0 Å². The summed E-state index contributed by atoms with van der Waals surface area (Å²) >= 11 is 12.5. The van der Waals surface area contributed by atoms with Crippen molar-refractivity contribution in [2.75, 3.05) is 7.11 Å². The van der Waals surface area contributed by atoms with Gasteiger partial charge in [0.05, 0.1) is 19.3 Å². The minimum absolute atomic E-state index is 0.406. The number of aromatic nitrogens is 2. The van der Waals surface area contributed by atoms with Gasteiger partial charge in [0.2, 0.25) is 0 Å². The molecule has 6 nitrogen and oxygen atoms in total. The van der Waals surface area contributed by atoms with Gasteiger partial charge >= 0.3 is 11.9 Å². The molecule has 8 heteroatoms. The molecule has 0 spiro atoms. The number of benzene rings is 1. The van der Waals surface area contributed by atoms with E-state index in [9.17, 15) is 9.59 Å². The van der Waals surface area contributed by atoms with Crippen molar-refractivity contribution in [2.24, 2.45) is 0 Å². The average molecular weight is 411 g/mol. The number of esters is 2. The van der Waals surface area contributed by atoms with Gasteiger partial charge in [-0.2, -0.15) is 5.10 Å². The Morgan fingerprint density at radius 2 is 1.89 bits per heavy atom. The van der Waals surface area contributed by atoms with Crippen LogP contribution in [0.4, 0.5) is 0 Å². The average Bonchev–Trinajstić information content (AvgIpc) is 2.89. The number of methoxy groups -OCH3 is 1. The molecule has 0 amide bonds. The summed E-state index contributed by atoms with van der Waals surface area (Å²) in [5.41, 5.74) is 3.13. The van der Waals surface area contributed by atoms with E-state index >= 15 is 0 Å². The van der Waals surface area contributed by atoms with Crippen LogP contribution in [0.3, 0.4) is 0 Å². The minimum atomic E-state index is -0.973. The number of nitrogens with zero attached hydrogens (tertiary/aromatic N) is 2. The largest absolute Gasteiger partial charge is 0.466 e. The maximum atomic E-state index is 11.9. The number of rotatable bonds is 6. The molecule has 2 aromatic rings. The number of hydrogen-bond donors (Lipinski definition) is 0. The molecule has 2 rings (SSSR count). The highest BCUT2D eigenvalue weighted by molar-refractivity contribution is 6.35. The van der Waals surface area contributed by atoms with Crippen LogP contribution < -0.4 is 0 Å². The van der Waals surface area contributed by atoms with Gasteiger partial charge in [0, 0.05) is 32.9 Å². The van der Waals surface area contributed by atoms with Crippen LogP contribution in [0.25, 0.3) is 6.08 Å². The maximum absolute atomic E-state index is 11.9. The normalized spacial score (nSPS) is 12.2. The van der Waals surface area contributed by atoms with Gasteiger partial charge in [0.25, 0.3) is 0 Å². The fourth-order valence-electron chi connectivity index (χ4n) is 2.52. The van der Waals surface area contributed by atoms with Crippen LogP contribution in [0.5, 0.6) is 0 Å². The van der Waals surface area contributed by atoms with Crippen LogP contribution in [-0.4, -0.2) is 34.9 Å². The first-order chi connectivity index (χ1) is 12.7. The third-order valence-corrected chi connectivity index (χ3v) is 4.73. The number of ether oxygens (including phenoxy) is 2. The molecule has 1 heterocycles. The molecule has 144 valence electrons. The fraction of sp³-hybridized carbons (Fsp3) is 0.316. The molecule has 0 saturated carbocycles. The van der Waals surface area contributed by atoms with Crippen molar-refractivity contribution in [3.63, 3.8) is 0 Å². The Balaban J connectivity index is 2.18. The number of carbonyl (C=O) groups is 2. The predicted octanol–water partition coefficient (Wildman–Crippen LogP) is 3.97. The molecular weight excluding hydrogens is 391 g/mol. The van der Waals surface area contributed by atoms with Gasteiger partial charge in [-0.15, -0.1) is 0 Å². The van der Waals surface area contributed by atoms with E-state index in [1.54, 1.807) is 29.0 Å². The zero-order valence-corrected chi connectivity index (χ0v) is 17.0. The highest BCUT2D eigenvalue weighted by atomic mass is 35.5. The lowest BCUT2D eigenvalue weighted by Crippen LogP contribution is -2.24. The summed E-state index contributed by atoms with van der Waals surface area (Å²) in [5, 5.41) is 5.61. The van der Waals surface area contributed by atoms with Gasteiger partial charge in [0.1, 0.15) is 0 Å². The molecule has 0 fully saturated rings. The second kappa shape index (κ2) is 9.06. The quantitative estimate of drug-likeness (QED) is 0.532. The molecule has 1 aromatic heterocycles. The fourth-order valence-corrected chi connectivity index (χ4v) is 3.04. The Labute approximate surface area is 167 Å². The molecule has 0 N–H and O–H groups in total. The molecule has 0 aliphatic carbocycles. The molecule has 0 saturated heterocycles. The van der Waals surface area contributed by atoms with Crippen molar-refractivity contribution < 1.29 is 19.1 Å². The summed E-state index contributed by atoms with van der Waals surface area (Å²) in [4.78, 5) is 23.2. The summed E-state index contributed by atoms with van der Waals surface area (Å²) in [6.45, 7) is 5.56. The summed E-state index contributed by atoms with van der Waals surface area (Å²) in [6.07, 6.45) is 1.89. The van der Waals surface area contributed by atoms with Crippen molar-refractivity contribution in [1.82, 2.24) is 9.78 Å². The maximum Gasteiger partial charge on any atom is 0.346 e. The molecule has 1 aromatic carbocycles. The lowest BCUT2D eigenvalue weighted by atomic mass is 10.1. The van der Waals surface area contributed by atoms with E-state index in [0.717, 1.165) is 22.5 Å². The highest BCUT2D eigenvalue weighted by Crippen LogP contribution is 2.26. The van der Waals surface area contributed by atoms with Gasteiger partial charge < -0.3 is 9.47 Å². The molecule has 0 radical (unpaired) electrons. The van der Waals surface area contributed by atoms with Gasteiger partial charge in [-0.3, -0.25) is 4.68 Å². The van der Waals surface area contributed by atoms with Crippen LogP contribution in [0.2, 0.25) is 10.0 Å². The smallest absolute Gasteiger partial charge is 0.346 e. The van der Waals surface area contributed by atoms with Crippen LogP contribution >= 0.6 is 23.2 Å². The lowest BCUT2D eigenvalue weighted by Gasteiger charge is -2.09. The summed E-state index contributed by atoms with van der Waals surface area (Å²) in [7, 11) is 1.23. The Kier molecular flexibility index (Phi) is 7.05. The van der Waals surface area contributed by atoms with Crippen molar-refractivity contribution in [3.8, 4) is 0 Å². The van der Waals surface area contributed by atoms with Gasteiger partial charge in [-0.1, -0.05) is 29.3 Å². The van der Waals surface area contributed by atoms with E-state index in [-0.39, 0.29) is 0 Å². The highest BCUT2D eigenvalue weighted by Gasteiger charge is 2.17. The zero-order chi connectivity index (χ0) is 20.1. The Morgan fingerprint density at radius 1 is 1.26 bits per heavy atom. The Bertz CT molecular complexity index is 870. The van der Waals surface area contributed by atoms with Crippen molar-refractivity contribution in [1.29, 1.82) is 0 Å². The molecule has 1 atom stereocenters. The monoisotopic (exact) mass is 410 g/mol.